The number of nitrogens with one attached hydrogen (secondary N) is 1. The van der Waals surface area contributed by atoms with Gasteiger partial charge in [0.2, 0.25) is 0 Å². The van der Waals surface area contributed by atoms with Gasteiger partial charge in [0.05, 0.1) is 16.9 Å². The average molecular weight is 246 g/mol. The third kappa shape index (κ3) is 2.47. The summed E-state index contributed by atoms with van der Waals surface area (Å²) in [6, 6.07) is 5.56. The summed E-state index contributed by atoms with van der Waals surface area (Å²) in [7, 11) is 0. The van der Waals surface area contributed by atoms with Gasteiger partial charge in [-0.05, 0) is 48.6 Å². The summed E-state index contributed by atoms with van der Waals surface area (Å²) in [5.74, 6) is -0.124. The molecule has 0 saturated carbocycles. The van der Waals surface area contributed by atoms with Crippen molar-refractivity contribution in [1.82, 2.24) is 0 Å². The zero-order chi connectivity index (χ0) is 12.4. The Morgan fingerprint density at radius 2 is 2.00 bits per heavy atom. The highest BCUT2D eigenvalue weighted by molar-refractivity contribution is 7.08. The van der Waals surface area contributed by atoms with E-state index in [0.29, 0.717) is 16.9 Å². The molecule has 2 aromatic rings. The van der Waals surface area contributed by atoms with Gasteiger partial charge in [0, 0.05) is 5.38 Å². The number of rotatable bonds is 2. The van der Waals surface area contributed by atoms with E-state index in [4.69, 9.17) is 5.73 Å². The first-order valence-electron chi connectivity index (χ1n) is 5.28. The average Bonchev–Trinajstić information content (AvgIpc) is 2.79. The van der Waals surface area contributed by atoms with E-state index < -0.39 is 0 Å². The number of hydrogen-bond acceptors (Lipinski definition) is 3. The number of hydrogen-bond donors (Lipinski definition) is 2. The normalized spacial score (nSPS) is 10.2. The molecule has 1 aromatic carbocycles. The van der Waals surface area contributed by atoms with Gasteiger partial charge in [-0.15, -0.1) is 0 Å². The summed E-state index contributed by atoms with van der Waals surface area (Å²) in [4.78, 5) is 11.9. The maximum Gasteiger partial charge on any atom is 0.256 e. The van der Waals surface area contributed by atoms with Crippen molar-refractivity contribution >= 4 is 28.6 Å². The second-order valence-corrected chi connectivity index (χ2v) is 4.77. The zero-order valence-corrected chi connectivity index (χ0v) is 10.6. The van der Waals surface area contributed by atoms with Crippen LogP contribution in [-0.4, -0.2) is 5.91 Å². The molecular formula is C13H14N2OS. The maximum absolute atomic E-state index is 11.9. The molecule has 4 heteroatoms. The van der Waals surface area contributed by atoms with Crippen LogP contribution in [0, 0.1) is 13.8 Å². The molecule has 0 aliphatic carbocycles. The molecule has 1 aromatic heterocycles. The van der Waals surface area contributed by atoms with E-state index in [1.54, 1.807) is 6.07 Å². The van der Waals surface area contributed by atoms with Crippen LogP contribution in [0.25, 0.3) is 0 Å². The number of nitrogen functional groups attached to an aromatic ring is 1. The molecule has 1 heterocycles. The van der Waals surface area contributed by atoms with Crippen molar-refractivity contribution in [3.05, 3.63) is 45.6 Å². The first-order valence-corrected chi connectivity index (χ1v) is 6.22. The molecule has 17 heavy (non-hydrogen) atoms. The topological polar surface area (TPSA) is 55.1 Å². The van der Waals surface area contributed by atoms with E-state index in [1.165, 1.54) is 11.3 Å². The Bertz CT molecular complexity index is 547. The molecule has 88 valence electrons. The Morgan fingerprint density at radius 1 is 1.29 bits per heavy atom. The second kappa shape index (κ2) is 4.59. The molecule has 3 N–H and O–H groups in total. The predicted molar refractivity (Wildman–Crippen MR) is 72.6 cm³/mol. The van der Waals surface area contributed by atoms with Crippen molar-refractivity contribution in [2.75, 3.05) is 11.1 Å². The number of amides is 1. The lowest BCUT2D eigenvalue weighted by atomic mass is 10.1. The van der Waals surface area contributed by atoms with Crippen molar-refractivity contribution in [3.8, 4) is 0 Å². The van der Waals surface area contributed by atoms with E-state index in [1.807, 2.05) is 36.7 Å². The lowest BCUT2D eigenvalue weighted by molar-refractivity contribution is 0.102. The predicted octanol–water partition coefficient (Wildman–Crippen LogP) is 3.20. The number of thiophene rings is 1. The molecule has 0 fully saturated rings. The lowest BCUT2D eigenvalue weighted by Gasteiger charge is -2.10. The molecule has 0 atom stereocenters. The summed E-state index contributed by atoms with van der Waals surface area (Å²) < 4.78 is 0. The van der Waals surface area contributed by atoms with Crippen LogP contribution in [0.5, 0.6) is 0 Å². The first-order chi connectivity index (χ1) is 8.08. The largest absolute Gasteiger partial charge is 0.397 e. The van der Waals surface area contributed by atoms with Crippen LogP contribution in [0.1, 0.15) is 21.5 Å². The number of aryl methyl sites for hydroxylation is 2. The monoisotopic (exact) mass is 246 g/mol. The smallest absolute Gasteiger partial charge is 0.256 e. The number of anilines is 2. The van der Waals surface area contributed by atoms with E-state index in [9.17, 15) is 4.79 Å². The molecule has 2 rings (SSSR count). The van der Waals surface area contributed by atoms with Crippen molar-refractivity contribution in [2.45, 2.75) is 13.8 Å². The molecule has 3 nitrogen and oxygen atoms in total. The van der Waals surface area contributed by atoms with Gasteiger partial charge in [0.15, 0.2) is 0 Å². The van der Waals surface area contributed by atoms with Crippen molar-refractivity contribution in [2.24, 2.45) is 0 Å². The highest BCUT2D eigenvalue weighted by Crippen LogP contribution is 2.23. The van der Waals surface area contributed by atoms with Gasteiger partial charge in [0.25, 0.3) is 5.91 Å². The molecule has 1 amide bonds. The van der Waals surface area contributed by atoms with Crippen molar-refractivity contribution in [3.63, 3.8) is 0 Å². The van der Waals surface area contributed by atoms with Gasteiger partial charge in [-0.3, -0.25) is 4.79 Å². The molecule has 0 aliphatic rings. The summed E-state index contributed by atoms with van der Waals surface area (Å²) in [5.41, 5.74) is 10.0. The molecule has 0 saturated heterocycles. The summed E-state index contributed by atoms with van der Waals surface area (Å²) in [6.07, 6.45) is 0. The lowest BCUT2D eigenvalue weighted by Crippen LogP contribution is -2.12. The number of carbonyl (C=O) groups excluding carboxylic acids is 1. The van der Waals surface area contributed by atoms with Gasteiger partial charge >= 0.3 is 0 Å². The minimum Gasteiger partial charge on any atom is -0.397 e. The Kier molecular flexibility index (Phi) is 3.15. The molecular weight excluding hydrogens is 232 g/mol. The Hall–Kier alpha value is -1.81. The molecule has 0 bridgehead atoms. The fourth-order valence-electron chi connectivity index (χ4n) is 1.53. The minimum atomic E-state index is -0.124. The number of nitrogens with two attached hydrogens (primary N) is 1. The third-order valence-corrected chi connectivity index (χ3v) is 3.38. The summed E-state index contributed by atoms with van der Waals surface area (Å²) in [6.45, 7) is 3.99. The Morgan fingerprint density at radius 3 is 2.65 bits per heavy atom. The third-order valence-electron chi connectivity index (χ3n) is 2.70. The van der Waals surface area contributed by atoms with Crippen LogP contribution >= 0.6 is 11.3 Å². The zero-order valence-electron chi connectivity index (χ0n) is 9.78. The van der Waals surface area contributed by atoms with Crippen molar-refractivity contribution in [1.29, 1.82) is 0 Å². The first kappa shape index (κ1) is 11.7. The van der Waals surface area contributed by atoms with Crippen LogP contribution in [0.2, 0.25) is 0 Å². The van der Waals surface area contributed by atoms with Gasteiger partial charge in [-0.1, -0.05) is 0 Å². The van der Waals surface area contributed by atoms with E-state index in [2.05, 4.69) is 5.32 Å². The van der Waals surface area contributed by atoms with E-state index in [-0.39, 0.29) is 5.91 Å². The standard InChI is InChI=1S/C13H14N2OS/c1-8-5-11(14)12(6-9(8)2)15-13(16)10-3-4-17-7-10/h3-7H,14H2,1-2H3,(H,15,16). The Labute approximate surface area is 104 Å². The molecule has 0 spiro atoms. The SMILES string of the molecule is Cc1cc(N)c(NC(=O)c2ccsc2)cc1C. The molecule has 0 aliphatic heterocycles. The number of carbonyl (C=O) groups is 1. The van der Waals surface area contributed by atoms with Crippen LogP contribution in [0.4, 0.5) is 11.4 Å². The quantitative estimate of drug-likeness (QED) is 0.799. The number of benzene rings is 1. The Balaban J connectivity index is 2.25. The van der Waals surface area contributed by atoms with Crippen LogP contribution in [-0.2, 0) is 0 Å². The maximum atomic E-state index is 11.9. The van der Waals surface area contributed by atoms with Gasteiger partial charge < -0.3 is 11.1 Å². The van der Waals surface area contributed by atoms with Gasteiger partial charge in [-0.25, -0.2) is 0 Å². The van der Waals surface area contributed by atoms with Gasteiger partial charge in [-0.2, -0.15) is 11.3 Å². The fourth-order valence-corrected chi connectivity index (χ4v) is 2.17. The minimum absolute atomic E-state index is 0.124. The van der Waals surface area contributed by atoms with E-state index in [0.717, 1.165) is 11.1 Å². The second-order valence-electron chi connectivity index (χ2n) is 3.99. The van der Waals surface area contributed by atoms with Crippen LogP contribution in [0.15, 0.2) is 29.0 Å². The van der Waals surface area contributed by atoms with Crippen LogP contribution < -0.4 is 11.1 Å². The highest BCUT2D eigenvalue weighted by atomic mass is 32.1. The molecule has 0 unspecified atom stereocenters. The highest BCUT2D eigenvalue weighted by Gasteiger charge is 2.09. The van der Waals surface area contributed by atoms with Gasteiger partial charge in [0.1, 0.15) is 0 Å². The van der Waals surface area contributed by atoms with Crippen molar-refractivity contribution < 1.29 is 4.79 Å². The summed E-state index contributed by atoms with van der Waals surface area (Å²) >= 11 is 1.50. The fraction of sp³-hybridized carbons (Fsp3) is 0.154. The summed E-state index contributed by atoms with van der Waals surface area (Å²) in [5, 5.41) is 6.51. The van der Waals surface area contributed by atoms with E-state index >= 15 is 0 Å². The molecule has 0 radical (unpaired) electrons. The van der Waals surface area contributed by atoms with Crippen LogP contribution in [0.3, 0.4) is 0 Å².